The van der Waals surface area contributed by atoms with Crippen LogP contribution in [0.4, 0.5) is 17.2 Å². The van der Waals surface area contributed by atoms with Gasteiger partial charge in [0.1, 0.15) is 22.2 Å². The first-order valence-electron chi connectivity index (χ1n) is 9.19. The fourth-order valence-corrected chi connectivity index (χ4v) is 4.46. The van der Waals surface area contributed by atoms with E-state index in [1.165, 1.54) is 17.4 Å². The molecule has 0 unspecified atom stereocenters. The molecule has 150 valence electrons. The first-order chi connectivity index (χ1) is 14.5. The highest BCUT2D eigenvalue weighted by Gasteiger charge is 2.30. The Morgan fingerprint density at radius 2 is 2.10 bits per heavy atom. The van der Waals surface area contributed by atoms with Gasteiger partial charge in [-0.15, -0.1) is 11.3 Å². The van der Waals surface area contributed by atoms with Crippen molar-refractivity contribution in [2.24, 2.45) is 0 Å². The lowest BCUT2D eigenvalue weighted by Crippen LogP contribution is -2.16. The number of hydrogen-bond acceptors (Lipinski definition) is 7. The Morgan fingerprint density at radius 1 is 1.23 bits per heavy atom. The van der Waals surface area contributed by atoms with Crippen LogP contribution in [0.3, 0.4) is 0 Å². The third-order valence-electron chi connectivity index (χ3n) is 4.96. The Bertz CT molecular complexity index is 1270. The van der Waals surface area contributed by atoms with Crippen molar-refractivity contribution in [1.82, 2.24) is 19.7 Å². The van der Waals surface area contributed by atoms with Gasteiger partial charge in [-0.1, -0.05) is 11.6 Å². The van der Waals surface area contributed by atoms with Gasteiger partial charge in [0, 0.05) is 46.7 Å². The maximum Gasteiger partial charge on any atom is 0.294 e. The van der Waals surface area contributed by atoms with Crippen LogP contribution in [0.15, 0.2) is 48.1 Å². The number of aromatic nitrogens is 4. The predicted octanol–water partition coefficient (Wildman–Crippen LogP) is 4.96. The average Bonchev–Trinajstić information content (AvgIpc) is 3.47. The van der Waals surface area contributed by atoms with E-state index >= 15 is 0 Å². The number of hydrogen-bond donors (Lipinski definition) is 0. The van der Waals surface area contributed by atoms with Gasteiger partial charge in [-0.25, -0.2) is 14.6 Å². The molecule has 4 aromatic rings. The second-order valence-corrected chi connectivity index (χ2v) is 8.19. The smallest absolute Gasteiger partial charge is 0.294 e. The van der Waals surface area contributed by atoms with Crippen molar-refractivity contribution in [3.8, 4) is 16.4 Å². The number of pyridine rings is 1. The fourth-order valence-electron chi connectivity index (χ4n) is 3.69. The van der Waals surface area contributed by atoms with Crippen molar-refractivity contribution in [2.75, 3.05) is 11.4 Å². The summed E-state index contributed by atoms with van der Waals surface area (Å²) in [5.41, 5.74) is 3.97. The second-order valence-electron chi connectivity index (χ2n) is 6.86. The van der Waals surface area contributed by atoms with Gasteiger partial charge in [0.2, 0.25) is 0 Å². The summed E-state index contributed by atoms with van der Waals surface area (Å²) in [6.45, 7) is 2.49. The van der Waals surface area contributed by atoms with Crippen LogP contribution in [0.5, 0.6) is 0 Å². The molecule has 0 radical (unpaired) electrons. The van der Waals surface area contributed by atoms with Crippen molar-refractivity contribution < 1.29 is 4.92 Å². The van der Waals surface area contributed by atoms with Crippen molar-refractivity contribution >= 4 is 40.1 Å². The molecule has 0 aliphatic carbocycles. The molecule has 4 heterocycles. The normalized spacial score (nSPS) is 12.9. The molecular formula is C20H15ClN6O2S. The minimum atomic E-state index is -0.413. The standard InChI is InChI=1S/C20H15ClN6O2S/c1-12-10-17(26-8-5-15(24-26)20-22-6-9-30-20)14-4-7-25(19(14)23-12)16-3-2-13(21)11-18(16)27(28)29/h2-3,5-6,8-11H,4,7H2,1H3. The maximum atomic E-state index is 11.6. The van der Waals surface area contributed by atoms with Gasteiger partial charge in [0.25, 0.3) is 5.69 Å². The molecule has 0 amide bonds. The summed E-state index contributed by atoms with van der Waals surface area (Å²) < 4.78 is 1.82. The molecule has 1 aliphatic rings. The summed E-state index contributed by atoms with van der Waals surface area (Å²) in [5.74, 6) is 0.710. The number of thiazole rings is 1. The lowest BCUT2D eigenvalue weighted by molar-refractivity contribution is -0.384. The Morgan fingerprint density at radius 3 is 2.87 bits per heavy atom. The fraction of sp³-hybridized carbons (Fsp3) is 0.150. The molecule has 30 heavy (non-hydrogen) atoms. The summed E-state index contributed by atoms with van der Waals surface area (Å²) >= 11 is 7.52. The highest BCUT2D eigenvalue weighted by Crippen LogP contribution is 2.41. The van der Waals surface area contributed by atoms with Gasteiger partial charge in [-0.3, -0.25) is 10.1 Å². The van der Waals surface area contributed by atoms with Crippen molar-refractivity contribution in [1.29, 1.82) is 0 Å². The SMILES string of the molecule is Cc1cc(-n2ccc(-c3nccs3)n2)c2c(n1)N(c1ccc(Cl)cc1[N+](=O)[O-])CC2. The molecule has 1 aliphatic heterocycles. The average molecular weight is 439 g/mol. The molecule has 0 N–H and O–H groups in total. The summed E-state index contributed by atoms with van der Waals surface area (Å²) in [6.07, 6.45) is 4.35. The zero-order valence-corrected chi connectivity index (χ0v) is 17.4. The molecule has 3 aromatic heterocycles. The summed E-state index contributed by atoms with van der Waals surface area (Å²) in [5, 5.41) is 19.4. The van der Waals surface area contributed by atoms with Crippen LogP contribution < -0.4 is 4.90 Å². The maximum absolute atomic E-state index is 11.6. The Hall–Kier alpha value is -3.30. The molecule has 0 saturated heterocycles. The van der Waals surface area contributed by atoms with E-state index in [1.807, 2.05) is 40.2 Å². The topological polar surface area (TPSA) is 90.0 Å². The van der Waals surface area contributed by atoms with Crippen LogP contribution in [0.2, 0.25) is 5.02 Å². The number of aryl methyl sites for hydroxylation is 1. The molecular weight excluding hydrogens is 424 g/mol. The number of nitro groups is 1. The third kappa shape index (κ3) is 3.12. The number of anilines is 2. The van der Waals surface area contributed by atoms with Crippen molar-refractivity contribution in [3.05, 3.63) is 74.5 Å². The highest BCUT2D eigenvalue weighted by molar-refractivity contribution is 7.13. The largest absolute Gasteiger partial charge is 0.320 e. The van der Waals surface area contributed by atoms with Gasteiger partial charge in [-0.05, 0) is 37.6 Å². The van der Waals surface area contributed by atoms with Gasteiger partial charge < -0.3 is 4.90 Å². The Labute approximate surface area is 180 Å². The van der Waals surface area contributed by atoms with Gasteiger partial charge in [0.05, 0.1) is 10.6 Å². The molecule has 0 saturated carbocycles. The van der Waals surface area contributed by atoms with Gasteiger partial charge in [0.15, 0.2) is 0 Å². The number of rotatable bonds is 4. The highest BCUT2D eigenvalue weighted by atomic mass is 35.5. The number of nitro benzene ring substituents is 1. The van der Waals surface area contributed by atoms with Crippen LogP contribution in [-0.4, -0.2) is 31.2 Å². The van der Waals surface area contributed by atoms with E-state index in [0.29, 0.717) is 29.5 Å². The number of benzene rings is 1. The zero-order chi connectivity index (χ0) is 20.8. The quantitative estimate of drug-likeness (QED) is 0.330. The first kappa shape index (κ1) is 18.7. The van der Waals surface area contributed by atoms with Crippen LogP contribution in [0.1, 0.15) is 11.3 Å². The van der Waals surface area contributed by atoms with Crippen LogP contribution in [0, 0.1) is 17.0 Å². The molecule has 1 aromatic carbocycles. The van der Waals surface area contributed by atoms with E-state index < -0.39 is 4.92 Å². The van der Waals surface area contributed by atoms with E-state index in [1.54, 1.807) is 18.3 Å². The molecule has 5 rings (SSSR count). The molecule has 0 fully saturated rings. The minimum Gasteiger partial charge on any atom is -0.320 e. The second kappa shape index (κ2) is 7.19. The zero-order valence-electron chi connectivity index (χ0n) is 15.8. The van der Waals surface area contributed by atoms with Crippen LogP contribution in [0.25, 0.3) is 16.4 Å². The van der Waals surface area contributed by atoms with Crippen molar-refractivity contribution in [2.45, 2.75) is 13.3 Å². The first-order valence-corrected chi connectivity index (χ1v) is 10.4. The van der Waals surface area contributed by atoms with E-state index in [9.17, 15) is 10.1 Å². The van der Waals surface area contributed by atoms with Gasteiger partial charge >= 0.3 is 0 Å². The number of nitrogens with zero attached hydrogens (tertiary/aromatic N) is 6. The lowest BCUT2D eigenvalue weighted by atomic mass is 10.1. The molecule has 0 atom stereocenters. The third-order valence-corrected chi connectivity index (χ3v) is 5.99. The van der Waals surface area contributed by atoms with Gasteiger partial charge in [-0.2, -0.15) is 5.10 Å². The Balaban J connectivity index is 1.61. The minimum absolute atomic E-state index is 0.0367. The summed E-state index contributed by atoms with van der Waals surface area (Å²) in [7, 11) is 0. The lowest BCUT2D eigenvalue weighted by Gasteiger charge is -2.19. The van der Waals surface area contributed by atoms with E-state index in [-0.39, 0.29) is 5.69 Å². The van der Waals surface area contributed by atoms with Crippen LogP contribution >= 0.6 is 22.9 Å². The molecule has 0 spiro atoms. The summed E-state index contributed by atoms with van der Waals surface area (Å²) in [6, 6.07) is 8.62. The summed E-state index contributed by atoms with van der Waals surface area (Å²) in [4.78, 5) is 22.1. The number of halogens is 1. The number of fused-ring (bicyclic) bond motifs is 1. The van der Waals surface area contributed by atoms with E-state index in [2.05, 4.69) is 10.1 Å². The molecule has 8 nitrogen and oxygen atoms in total. The van der Waals surface area contributed by atoms with Crippen molar-refractivity contribution in [3.63, 3.8) is 0 Å². The predicted molar refractivity (Wildman–Crippen MR) is 116 cm³/mol. The van der Waals surface area contributed by atoms with E-state index in [0.717, 1.165) is 27.6 Å². The monoisotopic (exact) mass is 438 g/mol. The molecule has 10 heteroatoms. The van der Waals surface area contributed by atoms with Crippen LogP contribution in [-0.2, 0) is 6.42 Å². The Kier molecular flexibility index (Phi) is 4.48. The van der Waals surface area contributed by atoms with E-state index in [4.69, 9.17) is 16.6 Å². The molecule has 0 bridgehead atoms.